The van der Waals surface area contributed by atoms with Gasteiger partial charge in [0.2, 0.25) is 5.91 Å². The molecule has 1 aliphatic rings. The van der Waals surface area contributed by atoms with E-state index in [4.69, 9.17) is 17.3 Å². The molecule has 1 saturated heterocycles. The lowest BCUT2D eigenvalue weighted by Crippen LogP contribution is -2.49. The van der Waals surface area contributed by atoms with Crippen LogP contribution in [0.1, 0.15) is 10.4 Å². The summed E-state index contributed by atoms with van der Waals surface area (Å²) in [4.78, 5) is 27.5. The van der Waals surface area contributed by atoms with Crippen LogP contribution in [0.3, 0.4) is 0 Å². The zero-order valence-corrected chi connectivity index (χ0v) is 15.1. The van der Waals surface area contributed by atoms with Gasteiger partial charge in [-0.2, -0.15) is 0 Å². The van der Waals surface area contributed by atoms with Gasteiger partial charge < -0.3 is 16.0 Å². The Kier molecular flexibility index (Phi) is 5.82. The van der Waals surface area contributed by atoms with Crippen LogP contribution in [0, 0.1) is 5.82 Å². The average molecular weight is 393 g/mol. The zero-order valence-electron chi connectivity index (χ0n) is 14.4. The second kappa shape index (κ2) is 8.28. The molecule has 2 heterocycles. The third-order valence-electron chi connectivity index (χ3n) is 4.20. The van der Waals surface area contributed by atoms with Crippen molar-refractivity contribution in [2.24, 2.45) is 5.73 Å². The molecule has 0 aliphatic carbocycles. The first kappa shape index (κ1) is 19.0. The molecule has 1 aromatic heterocycles. The third-order valence-corrected chi connectivity index (χ3v) is 4.38. The lowest BCUT2D eigenvalue weighted by Gasteiger charge is -2.35. The Bertz CT molecular complexity index is 857. The number of anilines is 2. The number of carbonyl (C=O) groups excluding carboxylic acids is 2. The number of carbonyl (C=O) groups is 2. The molecule has 3 rings (SSSR count). The van der Waals surface area contributed by atoms with E-state index in [0.717, 1.165) is 0 Å². The molecule has 0 saturated carbocycles. The Morgan fingerprint density at radius 3 is 2.56 bits per heavy atom. The predicted octanol–water partition coefficient (Wildman–Crippen LogP) is 1.13. The van der Waals surface area contributed by atoms with Crippen molar-refractivity contribution in [3.05, 3.63) is 46.9 Å². The quantitative estimate of drug-likeness (QED) is 0.790. The van der Waals surface area contributed by atoms with Gasteiger partial charge in [-0.15, -0.1) is 10.2 Å². The molecule has 1 aromatic carbocycles. The van der Waals surface area contributed by atoms with Crippen molar-refractivity contribution in [3.63, 3.8) is 0 Å². The summed E-state index contributed by atoms with van der Waals surface area (Å²) in [6.45, 7) is 2.32. The van der Waals surface area contributed by atoms with E-state index in [0.29, 0.717) is 32.0 Å². The lowest BCUT2D eigenvalue weighted by atomic mass is 10.2. The highest BCUT2D eigenvalue weighted by Gasteiger charge is 2.24. The molecule has 3 N–H and O–H groups in total. The number of hydrogen-bond donors (Lipinski definition) is 2. The van der Waals surface area contributed by atoms with Gasteiger partial charge in [-0.3, -0.25) is 14.5 Å². The van der Waals surface area contributed by atoms with Crippen LogP contribution in [-0.2, 0) is 4.79 Å². The minimum atomic E-state index is -0.631. The van der Waals surface area contributed by atoms with Gasteiger partial charge in [-0.25, -0.2) is 4.39 Å². The highest BCUT2D eigenvalue weighted by Crippen LogP contribution is 2.20. The maximum Gasteiger partial charge on any atom is 0.252 e. The fourth-order valence-electron chi connectivity index (χ4n) is 2.85. The largest absolute Gasteiger partial charge is 0.365 e. The highest BCUT2D eigenvalue weighted by atomic mass is 35.5. The summed E-state index contributed by atoms with van der Waals surface area (Å²) >= 11 is 5.78. The first-order valence-electron chi connectivity index (χ1n) is 8.29. The first-order chi connectivity index (χ1) is 12.9. The van der Waals surface area contributed by atoms with Crippen molar-refractivity contribution in [2.45, 2.75) is 0 Å². The number of nitrogens with one attached hydrogen (secondary N) is 1. The van der Waals surface area contributed by atoms with Crippen LogP contribution in [-0.4, -0.2) is 59.6 Å². The first-order valence-corrected chi connectivity index (χ1v) is 8.66. The van der Waals surface area contributed by atoms with Gasteiger partial charge in [0.15, 0.2) is 11.0 Å². The van der Waals surface area contributed by atoms with Gasteiger partial charge >= 0.3 is 0 Å². The van der Waals surface area contributed by atoms with Crippen molar-refractivity contribution in [1.29, 1.82) is 0 Å². The minimum absolute atomic E-state index is 0.0935. The molecule has 0 spiro atoms. The van der Waals surface area contributed by atoms with Gasteiger partial charge in [0.25, 0.3) is 5.91 Å². The maximum atomic E-state index is 13.6. The van der Waals surface area contributed by atoms with E-state index < -0.39 is 11.7 Å². The van der Waals surface area contributed by atoms with E-state index in [-0.39, 0.29) is 28.9 Å². The van der Waals surface area contributed by atoms with Crippen LogP contribution in [0.2, 0.25) is 5.15 Å². The molecule has 1 aliphatic heterocycles. The molecule has 0 radical (unpaired) electrons. The van der Waals surface area contributed by atoms with E-state index in [2.05, 4.69) is 15.5 Å². The Hall–Kier alpha value is -2.78. The molecule has 0 bridgehead atoms. The van der Waals surface area contributed by atoms with Gasteiger partial charge in [-0.05, 0) is 18.2 Å². The Morgan fingerprint density at radius 2 is 1.89 bits per heavy atom. The summed E-state index contributed by atoms with van der Waals surface area (Å²) in [7, 11) is 0. The van der Waals surface area contributed by atoms with Crippen LogP contribution in [0.15, 0.2) is 30.3 Å². The number of nitrogens with two attached hydrogens (primary N) is 1. The monoisotopic (exact) mass is 392 g/mol. The van der Waals surface area contributed by atoms with E-state index in [1.54, 1.807) is 12.1 Å². The lowest BCUT2D eigenvalue weighted by molar-refractivity contribution is -0.117. The number of hydrogen-bond acceptors (Lipinski definition) is 6. The fourth-order valence-corrected chi connectivity index (χ4v) is 3.00. The Labute approximate surface area is 160 Å². The number of para-hydroxylation sites is 1. The van der Waals surface area contributed by atoms with Crippen LogP contribution >= 0.6 is 11.6 Å². The fraction of sp³-hybridized carbons (Fsp3) is 0.294. The van der Waals surface area contributed by atoms with Crippen molar-refractivity contribution in [3.8, 4) is 0 Å². The molecule has 0 atom stereocenters. The van der Waals surface area contributed by atoms with Gasteiger partial charge in [-0.1, -0.05) is 23.7 Å². The summed E-state index contributed by atoms with van der Waals surface area (Å²) < 4.78 is 13.6. The summed E-state index contributed by atoms with van der Waals surface area (Å²) in [5.74, 6) is -1.02. The summed E-state index contributed by atoms with van der Waals surface area (Å²) in [5.41, 5.74) is 5.75. The summed E-state index contributed by atoms with van der Waals surface area (Å²) in [5, 5.41) is 10.4. The molecule has 0 unspecified atom stereocenters. The van der Waals surface area contributed by atoms with Crippen LogP contribution in [0.25, 0.3) is 0 Å². The number of rotatable bonds is 5. The van der Waals surface area contributed by atoms with E-state index in [9.17, 15) is 14.0 Å². The number of primary amides is 1. The van der Waals surface area contributed by atoms with Crippen LogP contribution < -0.4 is 16.0 Å². The van der Waals surface area contributed by atoms with E-state index in [1.165, 1.54) is 18.2 Å². The standard InChI is InChI=1S/C17H18ClFN6O2/c18-14-9-11(16(20)27)17(23-22-14)25-7-5-24(6-8-25)10-15(26)21-13-4-2-1-3-12(13)19/h1-4,9H,5-8,10H2,(H2,20,27)(H,21,26). The molecule has 10 heteroatoms. The number of nitrogens with zero attached hydrogens (tertiary/aromatic N) is 4. The molecule has 142 valence electrons. The molecule has 2 amide bonds. The van der Waals surface area contributed by atoms with Gasteiger partial charge in [0, 0.05) is 26.2 Å². The normalized spacial score (nSPS) is 14.8. The molecule has 2 aromatic rings. The van der Waals surface area contributed by atoms with Gasteiger partial charge in [0.05, 0.1) is 17.8 Å². The molecular weight excluding hydrogens is 375 g/mol. The predicted molar refractivity (Wildman–Crippen MR) is 99.2 cm³/mol. The van der Waals surface area contributed by atoms with Crippen molar-refractivity contribution in [1.82, 2.24) is 15.1 Å². The molecule has 1 fully saturated rings. The molecular formula is C17H18ClFN6O2. The number of benzene rings is 1. The second-order valence-electron chi connectivity index (χ2n) is 6.06. The van der Waals surface area contributed by atoms with Crippen LogP contribution in [0.4, 0.5) is 15.9 Å². The maximum absolute atomic E-state index is 13.6. The SMILES string of the molecule is NC(=O)c1cc(Cl)nnc1N1CCN(CC(=O)Nc2ccccc2F)CC1. The number of amides is 2. The van der Waals surface area contributed by atoms with E-state index >= 15 is 0 Å². The van der Waals surface area contributed by atoms with Crippen molar-refractivity contribution < 1.29 is 14.0 Å². The minimum Gasteiger partial charge on any atom is -0.365 e. The summed E-state index contributed by atoms with van der Waals surface area (Å²) in [6.07, 6.45) is 0. The second-order valence-corrected chi connectivity index (χ2v) is 6.45. The Balaban J connectivity index is 1.57. The third kappa shape index (κ3) is 4.69. The van der Waals surface area contributed by atoms with Crippen LogP contribution in [0.5, 0.6) is 0 Å². The highest BCUT2D eigenvalue weighted by molar-refractivity contribution is 6.29. The summed E-state index contributed by atoms with van der Waals surface area (Å²) in [6, 6.07) is 7.40. The number of aromatic nitrogens is 2. The number of halogens is 2. The molecule has 27 heavy (non-hydrogen) atoms. The Morgan fingerprint density at radius 1 is 1.19 bits per heavy atom. The smallest absolute Gasteiger partial charge is 0.252 e. The van der Waals surface area contributed by atoms with Crippen molar-refractivity contribution >= 4 is 34.9 Å². The zero-order chi connectivity index (χ0) is 19.4. The number of piperazine rings is 1. The topological polar surface area (TPSA) is 104 Å². The van der Waals surface area contributed by atoms with E-state index in [1.807, 2.05) is 9.80 Å². The molecule has 8 nitrogen and oxygen atoms in total. The average Bonchev–Trinajstić information content (AvgIpc) is 2.64. The van der Waals surface area contributed by atoms with Gasteiger partial charge in [0.1, 0.15) is 5.82 Å². The van der Waals surface area contributed by atoms with Crippen molar-refractivity contribution in [2.75, 3.05) is 42.9 Å².